The van der Waals surface area contributed by atoms with Crippen LogP contribution in [0.4, 0.5) is 0 Å². The molecule has 0 aromatic carbocycles. The molecule has 0 N–H and O–H groups in total. The molecule has 1 spiro atoms. The molecule has 4 rings (SSSR count). The van der Waals surface area contributed by atoms with Crippen molar-refractivity contribution >= 4 is 11.8 Å². The Labute approximate surface area is 147 Å². The molecule has 1 aromatic rings. The standard InChI is InChI=1S/C18H24N4O3/c23-16(15-3-1-8-19-20-15)21-10-7-18(13-21)6-2-9-22(17(18)24)14-4-11-25-12-5-14/h1,3,8,14H,2,4-7,9-13H2/t18-/m0/s1. The lowest BCUT2D eigenvalue weighted by molar-refractivity contribution is -0.150. The first-order chi connectivity index (χ1) is 12.2. The number of carbonyl (C=O) groups excluding carboxylic acids is 2. The average Bonchev–Trinajstić information content (AvgIpc) is 3.10. The number of nitrogens with zero attached hydrogens (tertiary/aromatic N) is 4. The van der Waals surface area contributed by atoms with Crippen molar-refractivity contribution in [1.82, 2.24) is 20.0 Å². The minimum absolute atomic E-state index is 0.124. The van der Waals surface area contributed by atoms with Crippen LogP contribution < -0.4 is 0 Å². The molecule has 0 radical (unpaired) electrons. The van der Waals surface area contributed by atoms with Crippen LogP contribution >= 0.6 is 0 Å². The maximum atomic E-state index is 13.3. The van der Waals surface area contributed by atoms with Crippen LogP contribution in [0.1, 0.15) is 42.6 Å². The number of ether oxygens (including phenoxy) is 1. The third-order valence-electron chi connectivity index (χ3n) is 5.83. The lowest BCUT2D eigenvalue weighted by atomic mass is 9.77. The van der Waals surface area contributed by atoms with Crippen LogP contribution in [0.5, 0.6) is 0 Å². The molecule has 7 nitrogen and oxygen atoms in total. The first kappa shape index (κ1) is 16.4. The van der Waals surface area contributed by atoms with E-state index < -0.39 is 5.41 Å². The van der Waals surface area contributed by atoms with E-state index in [2.05, 4.69) is 15.1 Å². The second-order valence-corrected chi connectivity index (χ2v) is 7.31. The fourth-order valence-electron chi connectivity index (χ4n) is 4.45. The average molecular weight is 344 g/mol. The third-order valence-corrected chi connectivity index (χ3v) is 5.83. The van der Waals surface area contributed by atoms with Gasteiger partial charge in [0.15, 0.2) is 5.69 Å². The Balaban J connectivity index is 1.48. The number of carbonyl (C=O) groups is 2. The van der Waals surface area contributed by atoms with Crippen LogP contribution in [0.3, 0.4) is 0 Å². The minimum Gasteiger partial charge on any atom is -0.381 e. The predicted octanol–water partition coefficient (Wildman–Crippen LogP) is 1.11. The van der Waals surface area contributed by atoms with Crippen molar-refractivity contribution in [2.45, 2.75) is 38.1 Å². The summed E-state index contributed by atoms with van der Waals surface area (Å²) in [5.74, 6) is 0.112. The van der Waals surface area contributed by atoms with Crippen molar-refractivity contribution in [3.63, 3.8) is 0 Å². The Bertz CT molecular complexity index is 647. The molecule has 25 heavy (non-hydrogen) atoms. The van der Waals surface area contributed by atoms with Gasteiger partial charge in [0, 0.05) is 45.1 Å². The van der Waals surface area contributed by atoms with Gasteiger partial charge in [-0.1, -0.05) is 0 Å². The Hall–Kier alpha value is -2.02. The predicted molar refractivity (Wildman–Crippen MR) is 89.8 cm³/mol. The first-order valence-corrected chi connectivity index (χ1v) is 9.15. The van der Waals surface area contributed by atoms with E-state index >= 15 is 0 Å². The molecular weight excluding hydrogens is 320 g/mol. The van der Waals surface area contributed by atoms with E-state index in [4.69, 9.17) is 4.74 Å². The highest BCUT2D eigenvalue weighted by Crippen LogP contribution is 2.41. The zero-order chi connectivity index (χ0) is 17.3. The Kier molecular flexibility index (Phi) is 4.41. The summed E-state index contributed by atoms with van der Waals surface area (Å²) in [6.07, 6.45) is 6.02. The molecule has 1 atom stereocenters. The molecule has 0 unspecified atom stereocenters. The van der Waals surface area contributed by atoms with Gasteiger partial charge in [-0.2, -0.15) is 5.10 Å². The van der Waals surface area contributed by atoms with E-state index in [1.165, 1.54) is 0 Å². The van der Waals surface area contributed by atoms with Gasteiger partial charge in [0.2, 0.25) is 5.91 Å². The maximum absolute atomic E-state index is 13.3. The van der Waals surface area contributed by atoms with Crippen molar-refractivity contribution < 1.29 is 14.3 Å². The van der Waals surface area contributed by atoms with Gasteiger partial charge in [0.25, 0.3) is 5.91 Å². The summed E-state index contributed by atoms with van der Waals surface area (Å²) in [5.41, 5.74) is -0.0573. The number of likely N-dealkylation sites (tertiary alicyclic amines) is 2. The Morgan fingerprint density at radius 3 is 2.84 bits per heavy atom. The molecule has 134 valence electrons. The van der Waals surface area contributed by atoms with Gasteiger partial charge in [-0.3, -0.25) is 9.59 Å². The van der Waals surface area contributed by atoms with Crippen molar-refractivity contribution in [2.24, 2.45) is 5.41 Å². The van der Waals surface area contributed by atoms with Crippen LogP contribution in [-0.2, 0) is 9.53 Å². The van der Waals surface area contributed by atoms with Crippen molar-refractivity contribution in [3.8, 4) is 0 Å². The van der Waals surface area contributed by atoms with Crippen LogP contribution in [0.25, 0.3) is 0 Å². The van der Waals surface area contributed by atoms with Crippen LogP contribution in [-0.4, -0.2) is 70.7 Å². The molecular formula is C18H24N4O3. The van der Waals surface area contributed by atoms with Crippen molar-refractivity contribution in [3.05, 3.63) is 24.0 Å². The van der Waals surface area contributed by atoms with Crippen LogP contribution in [0, 0.1) is 5.41 Å². The molecule has 0 saturated carbocycles. The molecule has 1 aromatic heterocycles. The first-order valence-electron chi connectivity index (χ1n) is 9.15. The largest absolute Gasteiger partial charge is 0.381 e. The Morgan fingerprint density at radius 1 is 1.24 bits per heavy atom. The van der Waals surface area contributed by atoms with Gasteiger partial charge in [0.1, 0.15) is 0 Å². The number of hydrogen-bond acceptors (Lipinski definition) is 5. The quantitative estimate of drug-likeness (QED) is 0.803. The topological polar surface area (TPSA) is 75.6 Å². The van der Waals surface area contributed by atoms with E-state index in [-0.39, 0.29) is 11.8 Å². The highest BCUT2D eigenvalue weighted by atomic mass is 16.5. The van der Waals surface area contributed by atoms with Gasteiger partial charge in [-0.25, -0.2) is 0 Å². The number of aromatic nitrogens is 2. The van der Waals surface area contributed by atoms with Crippen molar-refractivity contribution in [1.29, 1.82) is 0 Å². The van der Waals surface area contributed by atoms with E-state index in [1.54, 1.807) is 23.2 Å². The lowest BCUT2D eigenvalue weighted by Gasteiger charge is -2.44. The Morgan fingerprint density at radius 2 is 2.08 bits per heavy atom. The van der Waals surface area contributed by atoms with Gasteiger partial charge >= 0.3 is 0 Å². The van der Waals surface area contributed by atoms with Crippen LogP contribution in [0.15, 0.2) is 18.3 Å². The summed E-state index contributed by atoms with van der Waals surface area (Å²) < 4.78 is 5.44. The normalized spacial score (nSPS) is 27.9. The zero-order valence-corrected chi connectivity index (χ0v) is 14.4. The molecule has 3 aliphatic heterocycles. The second kappa shape index (κ2) is 6.71. The molecule has 4 heterocycles. The molecule has 3 fully saturated rings. The molecule has 2 amide bonds. The van der Waals surface area contributed by atoms with E-state index in [0.717, 1.165) is 51.9 Å². The van der Waals surface area contributed by atoms with Crippen LogP contribution in [0.2, 0.25) is 0 Å². The summed E-state index contributed by atoms with van der Waals surface area (Å²) in [7, 11) is 0. The SMILES string of the molecule is O=C(c1cccnn1)N1CC[C@@]2(CCCN(C3CCOCC3)C2=O)C1. The summed E-state index contributed by atoms with van der Waals surface area (Å²) in [4.78, 5) is 29.8. The lowest BCUT2D eigenvalue weighted by Crippen LogP contribution is -2.55. The highest BCUT2D eigenvalue weighted by Gasteiger charge is 2.50. The number of piperidine rings is 1. The second-order valence-electron chi connectivity index (χ2n) is 7.31. The minimum atomic E-state index is -0.408. The summed E-state index contributed by atoms with van der Waals surface area (Å²) >= 11 is 0. The number of hydrogen-bond donors (Lipinski definition) is 0. The molecule has 0 bridgehead atoms. The third kappa shape index (κ3) is 3.01. The molecule has 7 heteroatoms. The summed E-state index contributed by atoms with van der Waals surface area (Å²) in [5, 5.41) is 7.70. The van der Waals surface area contributed by atoms with Gasteiger partial charge < -0.3 is 14.5 Å². The molecule has 3 aliphatic rings. The number of amides is 2. The van der Waals surface area contributed by atoms with E-state index in [0.29, 0.717) is 24.8 Å². The summed E-state index contributed by atoms with van der Waals surface area (Å²) in [6.45, 7) is 3.42. The fraction of sp³-hybridized carbons (Fsp3) is 0.667. The number of rotatable bonds is 2. The van der Waals surface area contributed by atoms with E-state index in [1.807, 2.05) is 0 Å². The maximum Gasteiger partial charge on any atom is 0.274 e. The monoisotopic (exact) mass is 344 g/mol. The zero-order valence-electron chi connectivity index (χ0n) is 14.4. The smallest absolute Gasteiger partial charge is 0.274 e. The van der Waals surface area contributed by atoms with Gasteiger partial charge in [-0.05, 0) is 44.2 Å². The molecule has 0 aliphatic carbocycles. The molecule has 3 saturated heterocycles. The summed E-state index contributed by atoms with van der Waals surface area (Å²) in [6, 6.07) is 3.69. The van der Waals surface area contributed by atoms with Gasteiger partial charge in [0.05, 0.1) is 5.41 Å². The van der Waals surface area contributed by atoms with E-state index in [9.17, 15) is 9.59 Å². The fourth-order valence-corrected chi connectivity index (χ4v) is 4.45. The van der Waals surface area contributed by atoms with Gasteiger partial charge in [-0.15, -0.1) is 5.10 Å². The highest BCUT2D eigenvalue weighted by molar-refractivity contribution is 5.93. The van der Waals surface area contributed by atoms with Crippen molar-refractivity contribution in [2.75, 3.05) is 32.8 Å².